The van der Waals surface area contributed by atoms with Gasteiger partial charge in [-0.15, -0.1) is 0 Å². The summed E-state index contributed by atoms with van der Waals surface area (Å²) in [6, 6.07) is 15.2. The molecule has 6 heteroatoms. The van der Waals surface area contributed by atoms with Gasteiger partial charge in [0.2, 0.25) is 5.91 Å². The lowest BCUT2D eigenvalue weighted by atomic mass is 10.1. The van der Waals surface area contributed by atoms with Crippen molar-refractivity contribution in [3.63, 3.8) is 0 Å². The highest BCUT2D eigenvalue weighted by atomic mass is 16.2. The average Bonchev–Trinajstić information content (AvgIpc) is 2.72. The number of nitriles is 1. The Morgan fingerprint density at radius 2 is 1.52 bits per heavy atom. The lowest BCUT2D eigenvalue weighted by Gasteiger charge is -2.07. The van der Waals surface area contributed by atoms with Gasteiger partial charge in [0, 0.05) is 24.2 Å². The predicted molar refractivity (Wildman–Crippen MR) is 102 cm³/mol. The van der Waals surface area contributed by atoms with Crippen LogP contribution in [0.1, 0.15) is 45.5 Å². The Hall–Kier alpha value is -3.64. The molecule has 27 heavy (non-hydrogen) atoms. The fourth-order valence-corrected chi connectivity index (χ4v) is 2.48. The van der Waals surface area contributed by atoms with Crippen LogP contribution in [0.2, 0.25) is 0 Å². The average molecular weight is 360 g/mol. The van der Waals surface area contributed by atoms with Gasteiger partial charge in [-0.3, -0.25) is 9.59 Å². The number of benzene rings is 2. The quantitative estimate of drug-likeness (QED) is 0.558. The molecule has 2 N–H and O–H groups in total. The summed E-state index contributed by atoms with van der Waals surface area (Å²) < 4.78 is 0. The van der Waals surface area contributed by atoms with Crippen LogP contribution in [0.3, 0.4) is 0 Å². The SMILES string of the molecule is [C-]#[N+]c1cccc(C(=O)NCCCCCNC(=O)c2cccc(C#N)c2)c1. The van der Waals surface area contributed by atoms with Gasteiger partial charge < -0.3 is 10.6 Å². The van der Waals surface area contributed by atoms with E-state index in [0.717, 1.165) is 19.3 Å². The van der Waals surface area contributed by atoms with E-state index in [1.807, 2.05) is 6.07 Å². The molecule has 0 aliphatic heterocycles. The van der Waals surface area contributed by atoms with Gasteiger partial charge in [-0.05, 0) is 43.5 Å². The van der Waals surface area contributed by atoms with Crippen LogP contribution in [-0.2, 0) is 0 Å². The van der Waals surface area contributed by atoms with E-state index in [1.165, 1.54) is 0 Å². The van der Waals surface area contributed by atoms with Crippen LogP contribution in [-0.4, -0.2) is 24.9 Å². The van der Waals surface area contributed by atoms with Crippen LogP contribution >= 0.6 is 0 Å². The van der Waals surface area contributed by atoms with Crippen LogP contribution in [0.4, 0.5) is 5.69 Å². The van der Waals surface area contributed by atoms with Crippen molar-refractivity contribution in [1.82, 2.24) is 10.6 Å². The molecule has 2 aromatic carbocycles. The number of carbonyl (C=O) groups excluding carboxylic acids is 2. The second kappa shape index (κ2) is 10.4. The molecular formula is C21H20N4O2. The van der Waals surface area contributed by atoms with Gasteiger partial charge in [0.15, 0.2) is 5.69 Å². The molecule has 6 nitrogen and oxygen atoms in total. The predicted octanol–water partition coefficient (Wildman–Crippen LogP) is 3.44. The summed E-state index contributed by atoms with van der Waals surface area (Å²) in [5, 5.41) is 14.5. The summed E-state index contributed by atoms with van der Waals surface area (Å²) >= 11 is 0. The standard InChI is InChI=1S/C21H20N4O2/c1-23-19-10-6-9-18(14-19)21(27)25-12-4-2-3-11-24-20(26)17-8-5-7-16(13-17)15-22/h5-10,13-14H,2-4,11-12H2,(H,24,26)(H,25,27). The highest BCUT2D eigenvalue weighted by molar-refractivity contribution is 5.95. The van der Waals surface area contributed by atoms with Gasteiger partial charge in [-0.2, -0.15) is 5.26 Å². The third-order valence-corrected chi connectivity index (χ3v) is 3.92. The number of rotatable bonds is 8. The number of unbranched alkanes of at least 4 members (excludes halogenated alkanes) is 2. The highest BCUT2D eigenvalue weighted by Gasteiger charge is 2.06. The zero-order chi connectivity index (χ0) is 19.5. The smallest absolute Gasteiger partial charge is 0.251 e. The molecule has 0 fully saturated rings. The molecular weight excluding hydrogens is 340 g/mol. The molecule has 0 aromatic heterocycles. The molecule has 0 unspecified atom stereocenters. The van der Waals surface area contributed by atoms with E-state index >= 15 is 0 Å². The molecule has 0 aliphatic carbocycles. The summed E-state index contributed by atoms with van der Waals surface area (Å²) in [4.78, 5) is 27.3. The number of hydrogen-bond donors (Lipinski definition) is 2. The highest BCUT2D eigenvalue weighted by Crippen LogP contribution is 2.13. The Morgan fingerprint density at radius 1 is 0.926 bits per heavy atom. The minimum Gasteiger partial charge on any atom is -0.352 e. The molecule has 0 aliphatic rings. The maximum atomic E-state index is 12.0. The molecule has 2 amide bonds. The Labute approximate surface area is 158 Å². The number of nitrogens with zero attached hydrogens (tertiary/aromatic N) is 2. The molecule has 0 saturated heterocycles. The van der Waals surface area contributed by atoms with Crippen LogP contribution in [0.25, 0.3) is 4.85 Å². The van der Waals surface area contributed by atoms with Gasteiger partial charge >= 0.3 is 0 Å². The summed E-state index contributed by atoms with van der Waals surface area (Å²) in [6.07, 6.45) is 2.46. The maximum Gasteiger partial charge on any atom is 0.251 e. The Balaban J connectivity index is 1.62. The van der Waals surface area contributed by atoms with E-state index in [2.05, 4.69) is 15.5 Å². The summed E-state index contributed by atoms with van der Waals surface area (Å²) in [5.74, 6) is -0.383. The van der Waals surface area contributed by atoms with Gasteiger partial charge in [0.25, 0.3) is 5.91 Å². The fraction of sp³-hybridized carbons (Fsp3) is 0.238. The zero-order valence-electron chi connectivity index (χ0n) is 14.9. The molecule has 0 spiro atoms. The van der Waals surface area contributed by atoms with Gasteiger partial charge in [-0.1, -0.05) is 24.3 Å². The molecule has 136 valence electrons. The second-order valence-electron chi connectivity index (χ2n) is 5.93. The van der Waals surface area contributed by atoms with E-state index in [9.17, 15) is 9.59 Å². The first-order valence-electron chi connectivity index (χ1n) is 8.68. The first-order valence-corrected chi connectivity index (χ1v) is 8.68. The summed E-state index contributed by atoms with van der Waals surface area (Å²) in [6.45, 7) is 8.05. The maximum absolute atomic E-state index is 12.0. The molecule has 0 heterocycles. The van der Waals surface area contributed by atoms with Crippen molar-refractivity contribution in [2.45, 2.75) is 19.3 Å². The molecule has 0 radical (unpaired) electrons. The van der Waals surface area contributed by atoms with E-state index in [0.29, 0.717) is 35.5 Å². The van der Waals surface area contributed by atoms with E-state index in [-0.39, 0.29) is 11.8 Å². The Bertz CT molecular complexity index is 820. The largest absolute Gasteiger partial charge is 0.352 e. The third-order valence-electron chi connectivity index (χ3n) is 3.92. The van der Waals surface area contributed by atoms with E-state index < -0.39 is 0 Å². The lowest BCUT2D eigenvalue weighted by Crippen LogP contribution is -2.26. The van der Waals surface area contributed by atoms with Crippen LogP contribution in [0, 0.1) is 17.9 Å². The van der Waals surface area contributed by atoms with Crippen molar-refractivity contribution in [2.24, 2.45) is 0 Å². The molecule has 2 rings (SSSR count). The van der Waals surface area contributed by atoms with Crippen molar-refractivity contribution in [1.29, 1.82) is 5.26 Å². The lowest BCUT2D eigenvalue weighted by molar-refractivity contribution is 0.0947. The van der Waals surface area contributed by atoms with Crippen molar-refractivity contribution in [2.75, 3.05) is 13.1 Å². The molecule has 0 bridgehead atoms. The van der Waals surface area contributed by atoms with Gasteiger partial charge in [-0.25, -0.2) is 4.85 Å². The molecule has 0 saturated carbocycles. The number of nitrogens with one attached hydrogen (secondary N) is 2. The molecule has 0 atom stereocenters. The van der Waals surface area contributed by atoms with Crippen LogP contribution in [0.15, 0.2) is 48.5 Å². The normalized spacial score (nSPS) is 9.70. The van der Waals surface area contributed by atoms with Crippen molar-refractivity contribution in [3.8, 4) is 6.07 Å². The summed E-state index contributed by atoms with van der Waals surface area (Å²) in [5.41, 5.74) is 1.86. The van der Waals surface area contributed by atoms with E-state index in [4.69, 9.17) is 11.8 Å². The van der Waals surface area contributed by atoms with Crippen molar-refractivity contribution < 1.29 is 9.59 Å². The third kappa shape index (κ3) is 6.30. The monoisotopic (exact) mass is 360 g/mol. The first kappa shape index (κ1) is 19.7. The van der Waals surface area contributed by atoms with E-state index in [1.54, 1.807) is 48.5 Å². The Kier molecular flexibility index (Phi) is 7.56. The summed E-state index contributed by atoms with van der Waals surface area (Å²) in [7, 11) is 0. The van der Waals surface area contributed by atoms with Crippen LogP contribution < -0.4 is 10.6 Å². The van der Waals surface area contributed by atoms with Crippen LogP contribution in [0.5, 0.6) is 0 Å². The minimum atomic E-state index is -0.194. The topological polar surface area (TPSA) is 86.3 Å². The number of carbonyl (C=O) groups is 2. The van der Waals surface area contributed by atoms with Crippen molar-refractivity contribution in [3.05, 3.63) is 76.6 Å². The van der Waals surface area contributed by atoms with Gasteiger partial charge in [0.05, 0.1) is 18.2 Å². The second-order valence-corrected chi connectivity index (χ2v) is 5.93. The zero-order valence-corrected chi connectivity index (χ0v) is 14.9. The van der Waals surface area contributed by atoms with Gasteiger partial charge in [0.1, 0.15) is 0 Å². The number of hydrogen-bond acceptors (Lipinski definition) is 3. The number of amides is 2. The fourth-order valence-electron chi connectivity index (χ4n) is 2.48. The van der Waals surface area contributed by atoms with Crippen molar-refractivity contribution >= 4 is 17.5 Å². The minimum absolute atomic E-state index is 0.189. The Morgan fingerprint density at radius 3 is 2.11 bits per heavy atom. The molecule has 2 aromatic rings. The first-order chi connectivity index (χ1) is 13.1.